The van der Waals surface area contributed by atoms with Crippen molar-refractivity contribution < 1.29 is 19.0 Å². The molecule has 1 fully saturated rings. The van der Waals surface area contributed by atoms with Gasteiger partial charge in [-0.2, -0.15) is 0 Å². The van der Waals surface area contributed by atoms with Crippen molar-refractivity contribution in [2.24, 2.45) is 0 Å². The fourth-order valence-electron chi connectivity index (χ4n) is 2.10. The maximum absolute atomic E-state index is 12.5. The number of carbonyl (C=O) groups excluding carboxylic acids is 1. The molecular weight excluding hydrogens is 373 g/mol. The van der Waals surface area contributed by atoms with Crippen LogP contribution in [-0.2, 0) is 4.74 Å². The topological polar surface area (TPSA) is 48.0 Å². The lowest BCUT2D eigenvalue weighted by molar-refractivity contribution is 0.0302. The number of morpholine rings is 1. The Labute approximate surface area is 132 Å². The summed E-state index contributed by atoms with van der Waals surface area (Å²) in [6, 6.07) is 3.59. The second kappa shape index (κ2) is 7.12. The summed E-state index contributed by atoms with van der Waals surface area (Å²) < 4.78 is 17.0. The third-order valence-corrected chi connectivity index (χ3v) is 3.86. The van der Waals surface area contributed by atoms with E-state index in [9.17, 15) is 4.79 Å². The second-order valence-electron chi connectivity index (χ2n) is 4.33. The monoisotopic (exact) mass is 391 g/mol. The molecule has 5 nitrogen and oxygen atoms in total. The van der Waals surface area contributed by atoms with Crippen LogP contribution in [0.3, 0.4) is 0 Å². The van der Waals surface area contributed by atoms with E-state index in [-0.39, 0.29) is 5.91 Å². The van der Waals surface area contributed by atoms with Gasteiger partial charge in [-0.3, -0.25) is 4.79 Å². The van der Waals surface area contributed by atoms with Crippen molar-refractivity contribution in [3.05, 3.63) is 21.3 Å². The molecule has 1 aliphatic rings. The van der Waals surface area contributed by atoms with Crippen molar-refractivity contribution in [1.82, 2.24) is 4.90 Å². The quantitative estimate of drug-likeness (QED) is 0.739. The standard InChI is InChI=1S/C14H18INO4/c1-3-20-12-9-10(8-11(15)13(12)18-2)14(17)16-4-6-19-7-5-16/h8-9H,3-7H2,1-2H3. The summed E-state index contributed by atoms with van der Waals surface area (Å²) in [4.78, 5) is 14.3. The minimum Gasteiger partial charge on any atom is -0.492 e. The summed E-state index contributed by atoms with van der Waals surface area (Å²) in [6.07, 6.45) is 0. The van der Waals surface area contributed by atoms with Gasteiger partial charge in [0.2, 0.25) is 0 Å². The first-order valence-electron chi connectivity index (χ1n) is 6.54. The van der Waals surface area contributed by atoms with E-state index in [1.54, 1.807) is 18.1 Å². The number of benzene rings is 1. The first-order chi connectivity index (χ1) is 9.67. The fourth-order valence-corrected chi connectivity index (χ4v) is 2.92. The first-order valence-corrected chi connectivity index (χ1v) is 7.62. The third-order valence-electron chi connectivity index (χ3n) is 3.06. The van der Waals surface area contributed by atoms with E-state index in [0.29, 0.717) is 50.0 Å². The molecule has 1 aromatic rings. The number of nitrogens with zero attached hydrogens (tertiary/aromatic N) is 1. The Balaban J connectivity index is 2.29. The number of methoxy groups -OCH3 is 1. The maximum atomic E-state index is 12.5. The molecule has 0 aliphatic carbocycles. The summed E-state index contributed by atoms with van der Waals surface area (Å²) in [6.45, 7) is 4.88. The van der Waals surface area contributed by atoms with Crippen LogP contribution in [0.15, 0.2) is 12.1 Å². The van der Waals surface area contributed by atoms with Crippen LogP contribution in [0.5, 0.6) is 11.5 Å². The van der Waals surface area contributed by atoms with Gasteiger partial charge in [-0.25, -0.2) is 0 Å². The molecule has 1 aliphatic heterocycles. The van der Waals surface area contributed by atoms with Gasteiger partial charge in [-0.05, 0) is 41.6 Å². The Morgan fingerprint density at radius 2 is 2.10 bits per heavy atom. The molecule has 0 atom stereocenters. The number of hydrogen-bond acceptors (Lipinski definition) is 4. The number of carbonyl (C=O) groups is 1. The van der Waals surface area contributed by atoms with E-state index < -0.39 is 0 Å². The minimum atomic E-state index is 0.00909. The maximum Gasteiger partial charge on any atom is 0.254 e. The predicted octanol–water partition coefficient (Wildman–Crippen LogP) is 2.17. The van der Waals surface area contributed by atoms with Crippen LogP contribution >= 0.6 is 22.6 Å². The zero-order valence-electron chi connectivity index (χ0n) is 11.6. The molecule has 0 radical (unpaired) electrons. The molecule has 20 heavy (non-hydrogen) atoms. The number of halogens is 1. The zero-order valence-corrected chi connectivity index (χ0v) is 13.8. The van der Waals surface area contributed by atoms with E-state index >= 15 is 0 Å². The molecule has 0 unspecified atom stereocenters. The van der Waals surface area contributed by atoms with Gasteiger partial charge in [-0.15, -0.1) is 0 Å². The molecule has 0 aromatic heterocycles. The van der Waals surface area contributed by atoms with Crippen molar-refractivity contribution in [2.45, 2.75) is 6.92 Å². The average Bonchev–Trinajstić information content (AvgIpc) is 2.47. The smallest absolute Gasteiger partial charge is 0.254 e. The molecule has 1 heterocycles. The fraction of sp³-hybridized carbons (Fsp3) is 0.500. The second-order valence-corrected chi connectivity index (χ2v) is 5.49. The molecule has 1 saturated heterocycles. The highest BCUT2D eigenvalue weighted by Gasteiger charge is 2.21. The van der Waals surface area contributed by atoms with Crippen LogP contribution in [0.1, 0.15) is 17.3 Å². The summed E-state index contributed by atoms with van der Waals surface area (Å²) >= 11 is 2.16. The lowest BCUT2D eigenvalue weighted by atomic mass is 10.1. The Kier molecular flexibility index (Phi) is 5.47. The third kappa shape index (κ3) is 3.35. The normalized spacial score (nSPS) is 15.1. The largest absolute Gasteiger partial charge is 0.492 e. The molecular formula is C14H18INO4. The number of hydrogen-bond donors (Lipinski definition) is 0. The summed E-state index contributed by atoms with van der Waals surface area (Å²) in [5.41, 5.74) is 0.626. The molecule has 2 rings (SSSR count). The van der Waals surface area contributed by atoms with Crippen LogP contribution < -0.4 is 9.47 Å². The molecule has 1 amide bonds. The van der Waals surface area contributed by atoms with Crippen LogP contribution in [0.2, 0.25) is 0 Å². The average molecular weight is 391 g/mol. The molecule has 110 valence electrons. The van der Waals surface area contributed by atoms with Crippen molar-refractivity contribution in [3.8, 4) is 11.5 Å². The van der Waals surface area contributed by atoms with Crippen molar-refractivity contribution in [1.29, 1.82) is 0 Å². The van der Waals surface area contributed by atoms with Gasteiger partial charge in [0, 0.05) is 18.7 Å². The Bertz CT molecular complexity index is 486. The lowest BCUT2D eigenvalue weighted by Gasteiger charge is -2.27. The lowest BCUT2D eigenvalue weighted by Crippen LogP contribution is -2.40. The number of rotatable bonds is 4. The number of amides is 1. The van der Waals surface area contributed by atoms with E-state index in [1.807, 2.05) is 13.0 Å². The van der Waals surface area contributed by atoms with Crippen LogP contribution in [0.25, 0.3) is 0 Å². The highest BCUT2D eigenvalue weighted by atomic mass is 127. The molecule has 0 saturated carbocycles. The van der Waals surface area contributed by atoms with Crippen LogP contribution in [0.4, 0.5) is 0 Å². The van der Waals surface area contributed by atoms with Gasteiger partial charge in [0.25, 0.3) is 5.91 Å². The molecule has 0 spiro atoms. The van der Waals surface area contributed by atoms with Crippen LogP contribution in [0, 0.1) is 3.57 Å². The minimum absolute atomic E-state index is 0.00909. The Hall–Kier alpha value is -1.02. The molecule has 1 aromatic carbocycles. The molecule has 0 N–H and O–H groups in total. The van der Waals surface area contributed by atoms with Crippen molar-refractivity contribution >= 4 is 28.5 Å². The van der Waals surface area contributed by atoms with Crippen LogP contribution in [-0.4, -0.2) is 50.8 Å². The summed E-state index contributed by atoms with van der Waals surface area (Å²) in [5, 5.41) is 0. The van der Waals surface area contributed by atoms with E-state index in [2.05, 4.69) is 22.6 Å². The zero-order chi connectivity index (χ0) is 14.5. The van der Waals surface area contributed by atoms with Gasteiger partial charge in [-0.1, -0.05) is 0 Å². The van der Waals surface area contributed by atoms with Gasteiger partial charge >= 0.3 is 0 Å². The van der Waals surface area contributed by atoms with E-state index in [0.717, 1.165) is 3.57 Å². The van der Waals surface area contributed by atoms with E-state index in [1.165, 1.54) is 0 Å². The number of ether oxygens (including phenoxy) is 3. The predicted molar refractivity (Wildman–Crippen MR) is 83.6 cm³/mol. The Morgan fingerprint density at radius 1 is 1.40 bits per heavy atom. The SMILES string of the molecule is CCOc1cc(C(=O)N2CCOCC2)cc(I)c1OC. The van der Waals surface area contributed by atoms with E-state index in [4.69, 9.17) is 14.2 Å². The highest BCUT2D eigenvalue weighted by Crippen LogP contribution is 2.34. The first kappa shape index (κ1) is 15.4. The van der Waals surface area contributed by atoms with Crippen molar-refractivity contribution in [3.63, 3.8) is 0 Å². The molecule has 6 heteroatoms. The van der Waals surface area contributed by atoms with Crippen molar-refractivity contribution in [2.75, 3.05) is 40.0 Å². The summed E-state index contributed by atoms with van der Waals surface area (Å²) in [5.74, 6) is 1.29. The van der Waals surface area contributed by atoms with Gasteiger partial charge in [0.1, 0.15) is 0 Å². The summed E-state index contributed by atoms with van der Waals surface area (Å²) in [7, 11) is 1.60. The molecule has 0 bridgehead atoms. The van der Waals surface area contributed by atoms with Gasteiger partial charge in [0.05, 0.1) is 30.5 Å². The van der Waals surface area contributed by atoms with Gasteiger partial charge < -0.3 is 19.1 Å². The van der Waals surface area contributed by atoms with Gasteiger partial charge in [0.15, 0.2) is 11.5 Å². The highest BCUT2D eigenvalue weighted by molar-refractivity contribution is 14.1. The Morgan fingerprint density at radius 3 is 2.70 bits per heavy atom.